The van der Waals surface area contributed by atoms with Gasteiger partial charge in [-0.25, -0.2) is 0 Å². The van der Waals surface area contributed by atoms with Crippen molar-refractivity contribution in [3.63, 3.8) is 0 Å². The van der Waals surface area contributed by atoms with Crippen LogP contribution in [0.3, 0.4) is 0 Å². The standard InChI is InChI=1S/C13H17N3O2/c1-14-12(17)9-4-6-10(7-5-9)16-13(18)11-3-2-8-15-11/h4-7,11,15H,2-3,8H2,1H3,(H,14,17)(H,16,18). The number of rotatable bonds is 3. The predicted molar refractivity (Wildman–Crippen MR) is 69.5 cm³/mol. The van der Waals surface area contributed by atoms with Crippen molar-refractivity contribution in [1.82, 2.24) is 10.6 Å². The zero-order valence-corrected chi connectivity index (χ0v) is 10.3. The molecule has 1 unspecified atom stereocenters. The summed E-state index contributed by atoms with van der Waals surface area (Å²) in [7, 11) is 1.59. The third-order valence-corrected chi connectivity index (χ3v) is 3.02. The van der Waals surface area contributed by atoms with Crippen LogP contribution >= 0.6 is 0 Å². The van der Waals surface area contributed by atoms with Gasteiger partial charge in [-0.1, -0.05) is 0 Å². The number of benzene rings is 1. The van der Waals surface area contributed by atoms with Gasteiger partial charge in [0.2, 0.25) is 5.91 Å². The Hall–Kier alpha value is -1.88. The molecular formula is C13H17N3O2. The Kier molecular flexibility index (Phi) is 3.94. The number of anilines is 1. The number of carbonyl (C=O) groups is 2. The summed E-state index contributed by atoms with van der Waals surface area (Å²) in [6.07, 6.45) is 1.91. The average molecular weight is 247 g/mol. The van der Waals surface area contributed by atoms with Crippen molar-refractivity contribution in [1.29, 1.82) is 0 Å². The minimum absolute atomic E-state index is 0.0137. The summed E-state index contributed by atoms with van der Waals surface area (Å²) in [5.41, 5.74) is 1.29. The highest BCUT2D eigenvalue weighted by Gasteiger charge is 2.21. The number of nitrogens with one attached hydrogen (secondary N) is 3. The quantitative estimate of drug-likeness (QED) is 0.737. The lowest BCUT2D eigenvalue weighted by Gasteiger charge is -2.11. The van der Waals surface area contributed by atoms with Crippen LogP contribution in [0.2, 0.25) is 0 Å². The molecule has 1 atom stereocenters. The fourth-order valence-electron chi connectivity index (χ4n) is 1.99. The van der Waals surface area contributed by atoms with E-state index in [0.29, 0.717) is 11.3 Å². The van der Waals surface area contributed by atoms with E-state index in [1.165, 1.54) is 0 Å². The van der Waals surface area contributed by atoms with E-state index in [9.17, 15) is 9.59 Å². The van der Waals surface area contributed by atoms with Gasteiger partial charge in [-0.15, -0.1) is 0 Å². The van der Waals surface area contributed by atoms with Gasteiger partial charge in [-0.05, 0) is 43.7 Å². The molecule has 1 saturated heterocycles. The molecule has 1 aromatic carbocycles. The second kappa shape index (κ2) is 5.64. The first-order valence-corrected chi connectivity index (χ1v) is 6.07. The van der Waals surface area contributed by atoms with Crippen molar-refractivity contribution >= 4 is 17.5 Å². The molecule has 1 aliphatic rings. The molecule has 18 heavy (non-hydrogen) atoms. The third kappa shape index (κ3) is 2.87. The Bertz CT molecular complexity index is 436. The maximum absolute atomic E-state index is 11.8. The lowest BCUT2D eigenvalue weighted by molar-refractivity contribution is -0.117. The van der Waals surface area contributed by atoms with Crippen molar-refractivity contribution in [2.75, 3.05) is 18.9 Å². The normalized spacial score (nSPS) is 18.4. The van der Waals surface area contributed by atoms with Crippen LogP contribution in [0, 0.1) is 0 Å². The minimum atomic E-state index is -0.134. The molecule has 0 saturated carbocycles. The summed E-state index contributed by atoms with van der Waals surface area (Å²) in [6, 6.07) is 6.76. The van der Waals surface area contributed by atoms with E-state index in [1.54, 1.807) is 31.3 Å². The van der Waals surface area contributed by atoms with E-state index in [0.717, 1.165) is 19.4 Å². The van der Waals surface area contributed by atoms with Crippen LogP contribution < -0.4 is 16.0 Å². The maximum atomic E-state index is 11.8. The number of hydrogen-bond acceptors (Lipinski definition) is 3. The van der Waals surface area contributed by atoms with Gasteiger partial charge >= 0.3 is 0 Å². The molecule has 3 N–H and O–H groups in total. The van der Waals surface area contributed by atoms with Gasteiger partial charge in [0.05, 0.1) is 6.04 Å². The van der Waals surface area contributed by atoms with Gasteiger partial charge in [-0.3, -0.25) is 9.59 Å². The third-order valence-electron chi connectivity index (χ3n) is 3.02. The number of hydrogen-bond donors (Lipinski definition) is 3. The Morgan fingerprint density at radius 3 is 2.56 bits per heavy atom. The van der Waals surface area contributed by atoms with Crippen LogP contribution in [0.5, 0.6) is 0 Å². The van der Waals surface area contributed by atoms with E-state index in [4.69, 9.17) is 0 Å². The molecule has 0 radical (unpaired) electrons. The highest BCUT2D eigenvalue weighted by atomic mass is 16.2. The molecule has 2 amide bonds. The second-order valence-corrected chi connectivity index (χ2v) is 4.29. The van der Waals surface area contributed by atoms with Crippen LogP contribution in [0.1, 0.15) is 23.2 Å². The monoisotopic (exact) mass is 247 g/mol. The number of amides is 2. The first-order chi connectivity index (χ1) is 8.70. The molecule has 1 fully saturated rings. The predicted octanol–water partition coefficient (Wildman–Crippen LogP) is 0.737. The first kappa shape index (κ1) is 12.6. The van der Waals surface area contributed by atoms with E-state index in [-0.39, 0.29) is 17.9 Å². The van der Waals surface area contributed by atoms with Crippen LogP contribution in [0.15, 0.2) is 24.3 Å². The lowest BCUT2D eigenvalue weighted by Crippen LogP contribution is -2.35. The van der Waals surface area contributed by atoms with E-state index in [2.05, 4.69) is 16.0 Å². The highest BCUT2D eigenvalue weighted by molar-refractivity contribution is 5.97. The first-order valence-electron chi connectivity index (χ1n) is 6.07. The molecular weight excluding hydrogens is 230 g/mol. The van der Waals surface area contributed by atoms with Crippen molar-refractivity contribution in [3.8, 4) is 0 Å². The fraction of sp³-hybridized carbons (Fsp3) is 0.385. The van der Waals surface area contributed by atoms with Crippen molar-refractivity contribution in [2.45, 2.75) is 18.9 Å². The fourth-order valence-corrected chi connectivity index (χ4v) is 1.99. The van der Waals surface area contributed by atoms with Crippen LogP contribution in [-0.4, -0.2) is 31.4 Å². The van der Waals surface area contributed by atoms with E-state index in [1.807, 2.05) is 0 Å². The molecule has 0 aliphatic carbocycles. The Morgan fingerprint density at radius 2 is 2.00 bits per heavy atom. The van der Waals surface area contributed by atoms with Crippen LogP contribution in [0.25, 0.3) is 0 Å². The smallest absolute Gasteiger partial charge is 0.251 e. The highest BCUT2D eigenvalue weighted by Crippen LogP contribution is 2.12. The van der Waals surface area contributed by atoms with Crippen molar-refractivity contribution < 1.29 is 9.59 Å². The van der Waals surface area contributed by atoms with E-state index < -0.39 is 0 Å². The zero-order valence-electron chi connectivity index (χ0n) is 10.3. The summed E-state index contributed by atoms with van der Waals surface area (Å²) in [6.45, 7) is 0.897. The molecule has 1 aromatic rings. The lowest BCUT2D eigenvalue weighted by atomic mass is 10.1. The van der Waals surface area contributed by atoms with Gasteiger partial charge in [0.1, 0.15) is 0 Å². The largest absolute Gasteiger partial charge is 0.355 e. The zero-order chi connectivity index (χ0) is 13.0. The molecule has 0 spiro atoms. The Morgan fingerprint density at radius 1 is 1.28 bits per heavy atom. The molecule has 5 heteroatoms. The van der Waals surface area contributed by atoms with Gasteiger partial charge in [0.25, 0.3) is 5.91 Å². The Labute approximate surface area is 106 Å². The average Bonchev–Trinajstić information content (AvgIpc) is 2.92. The minimum Gasteiger partial charge on any atom is -0.355 e. The molecule has 0 aromatic heterocycles. The summed E-state index contributed by atoms with van der Waals surface area (Å²) in [4.78, 5) is 23.2. The topological polar surface area (TPSA) is 70.2 Å². The van der Waals surface area contributed by atoms with Crippen molar-refractivity contribution in [3.05, 3.63) is 29.8 Å². The van der Waals surface area contributed by atoms with E-state index >= 15 is 0 Å². The molecule has 96 valence electrons. The van der Waals surface area contributed by atoms with Gasteiger partial charge in [0.15, 0.2) is 0 Å². The summed E-state index contributed by atoms with van der Waals surface area (Å²) in [5.74, 6) is -0.148. The van der Waals surface area contributed by atoms with Crippen LogP contribution in [-0.2, 0) is 4.79 Å². The molecule has 1 heterocycles. The molecule has 0 bridgehead atoms. The number of carbonyl (C=O) groups excluding carboxylic acids is 2. The summed E-state index contributed by atoms with van der Waals surface area (Å²) in [5, 5.41) is 8.52. The van der Waals surface area contributed by atoms with Gasteiger partial charge < -0.3 is 16.0 Å². The SMILES string of the molecule is CNC(=O)c1ccc(NC(=O)C2CCCN2)cc1. The van der Waals surface area contributed by atoms with Crippen molar-refractivity contribution in [2.24, 2.45) is 0 Å². The summed E-state index contributed by atoms with van der Waals surface area (Å²) >= 11 is 0. The summed E-state index contributed by atoms with van der Waals surface area (Å²) < 4.78 is 0. The van der Waals surface area contributed by atoms with Gasteiger partial charge in [0, 0.05) is 18.3 Å². The van der Waals surface area contributed by atoms with Gasteiger partial charge in [-0.2, -0.15) is 0 Å². The Balaban J connectivity index is 1.97. The second-order valence-electron chi connectivity index (χ2n) is 4.29. The maximum Gasteiger partial charge on any atom is 0.251 e. The van der Waals surface area contributed by atoms with Crippen LogP contribution in [0.4, 0.5) is 5.69 Å². The molecule has 1 aliphatic heterocycles. The molecule has 2 rings (SSSR count). The molecule has 5 nitrogen and oxygen atoms in total.